The number of piperazine rings is 1. The Bertz CT molecular complexity index is 235. The predicted molar refractivity (Wildman–Crippen MR) is 84.8 cm³/mol. The Morgan fingerprint density at radius 2 is 1.84 bits per heavy atom. The van der Waals surface area contributed by atoms with Crippen LogP contribution in [0.1, 0.15) is 53.4 Å². The Morgan fingerprint density at radius 1 is 1.11 bits per heavy atom. The molecule has 0 radical (unpaired) electrons. The first kappa shape index (κ1) is 16.9. The van der Waals surface area contributed by atoms with Gasteiger partial charge in [-0.25, -0.2) is 0 Å². The van der Waals surface area contributed by atoms with Crippen LogP contribution in [0.2, 0.25) is 0 Å². The largest absolute Gasteiger partial charge is 0.312 e. The van der Waals surface area contributed by atoms with E-state index in [1.165, 1.54) is 51.9 Å². The summed E-state index contributed by atoms with van der Waals surface area (Å²) in [6.07, 6.45) is 5.29. The van der Waals surface area contributed by atoms with Gasteiger partial charge < -0.3 is 15.1 Å². The van der Waals surface area contributed by atoms with Gasteiger partial charge in [-0.3, -0.25) is 0 Å². The minimum Gasteiger partial charge on any atom is -0.312 e. The Kier molecular flexibility index (Phi) is 7.33. The van der Waals surface area contributed by atoms with Crippen LogP contribution < -0.4 is 5.32 Å². The van der Waals surface area contributed by atoms with Crippen molar-refractivity contribution < 1.29 is 0 Å². The summed E-state index contributed by atoms with van der Waals surface area (Å²) >= 11 is 0. The summed E-state index contributed by atoms with van der Waals surface area (Å²) in [5, 5.41) is 3.56. The lowest BCUT2D eigenvalue weighted by atomic mass is 10.1. The molecule has 3 nitrogen and oxygen atoms in total. The number of likely N-dealkylation sites (N-methyl/N-ethyl adjacent to an activating group) is 1. The molecule has 0 amide bonds. The quantitative estimate of drug-likeness (QED) is 0.717. The van der Waals surface area contributed by atoms with Gasteiger partial charge in [0.2, 0.25) is 0 Å². The van der Waals surface area contributed by atoms with Crippen molar-refractivity contribution in [2.24, 2.45) is 0 Å². The fraction of sp³-hybridized carbons (Fsp3) is 1.00. The van der Waals surface area contributed by atoms with E-state index >= 15 is 0 Å². The summed E-state index contributed by atoms with van der Waals surface area (Å²) in [6.45, 7) is 15.2. The number of rotatable bonds is 7. The van der Waals surface area contributed by atoms with E-state index in [0.29, 0.717) is 0 Å². The highest BCUT2D eigenvalue weighted by Gasteiger charge is 2.21. The van der Waals surface area contributed by atoms with E-state index in [1.807, 2.05) is 0 Å². The van der Waals surface area contributed by atoms with Gasteiger partial charge in [-0.2, -0.15) is 0 Å². The van der Waals surface area contributed by atoms with Gasteiger partial charge in [-0.1, -0.05) is 13.3 Å². The zero-order chi connectivity index (χ0) is 14.3. The monoisotopic (exact) mass is 269 g/mol. The molecular weight excluding hydrogens is 234 g/mol. The summed E-state index contributed by atoms with van der Waals surface area (Å²) < 4.78 is 0. The minimum absolute atomic E-state index is 0.270. The van der Waals surface area contributed by atoms with E-state index in [-0.39, 0.29) is 5.54 Å². The predicted octanol–water partition coefficient (Wildman–Crippen LogP) is 2.57. The molecule has 1 aliphatic heterocycles. The van der Waals surface area contributed by atoms with Gasteiger partial charge in [-0.15, -0.1) is 0 Å². The Balaban J connectivity index is 2.04. The molecule has 0 aromatic rings. The van der Waals surface area contributed by atoms with E-state index in [4.69, 9.17) is 0 Å². The topological polar surface area (TPSA) is 18.5 Å². The molecule has 0 aromatic carbocycles. The van der Waals surface area contributed by atoms with E-state index < -0.39 is 0 Å². The third-order valence-electron chi connectivity index (χ3n) is 4.14. The third kappa shape index (κ3) is 7.28. The average Bonchev–Trinajstić information content (AvgIpc) is 2.34. The summed E-state index contributed by atoms with van der Waals surface area (Å²) in [5.41, 5.74) is 0.270. The standard InChI is InChI=1S/C16H35N3/c1-6-15-14-19(13-12-18(15)5)11-9-7-8-10-17-16(2,3)4/h15,17H,6-14H2,1-5H3. The average molecular weight is 269 g/mol. The summed E-state index contributed by atoms with van der Waals surface area (Å²) in [4.78, 5) is 5.18. The summed E-state index contributed by atoms with van der Waals surface area (Å²) in [5.74, 6) is 0. The molecule has 1 aliphatic rings. The van der Waals surface area contributed by atoms with Crippen molar-refractivity contribution in [3.63, 3.8) is 0 Å². The van der Waals surface area contributed by atoms with Crippen LogP contribution in [0.25, 0.3) is 0 Å². The first-order valence-electron chi connectivity index (χ1n) is 8.10. The molecule has 3 heteroatoms. The van der Waals surface area contributed by atoms with Crippen LogP contribution in [0.15, 0.2) is 0 Å². The van der Waals surface area contributed by atoms with Crippen LogP contribution in [0.5, 0.6) is 0 Å². The number of nitrogens with one attached hydrogen (secondary N) is 1. The van der Waals surface area contributed by atoms with Crippen LogP contribution in [-0.4, -0.2) is 61.2 Å². The van der Waals surface area contributed by atoms with Gasteiger partial charge in [0, 0.05) is 31.2 Å². The highest BCUT2D eigenvalue weighted by Crippen LogP contribution is 2.11. The molecule has 114 valence electrons. The fourth-order valence-electron chi connectivity index (χ4n) is 2.75. The van der Waals surface area contributed by atoms with Gasteiger partial charge in [0.15, 0.2) is 0 Å². The van der Waals surface area contributed by atoms with Crippen LogP contribution in [0.3, 0.4) is 0 Å². The first-order valence-corrected chi connectivity index (χ1v) is 8.10. The first-order chi connectivity index (χ1) is 8.92. The van der Waals surface area contributed by atoms with Crippen molar-refractivity contribution >= 4 is 0 Å². The molecule has 0 aliphatic carbocycles. The smallest absolute Gasteiger partial charge is 0.0218 e. The summed E-state index contributed by atoms with van der Waals surface area (Å²) in [6, 6.07) is 0.774. The number of hydrogen-bond donors (Lipinski definition) is 1. The van der Waals surface area contributed by atoms with Gasteiger partial charge in [0.25, 0.3) is 0 Å². The van der Waals surface area contributed by atoms with Gasteiger partial charge >= 0.3 is 0 Å². The maximum atomic E-state index is 3.56. The van der Waals surface area contributed by atoms with E-state index in [9.17, 15) is 0 Å². The minimum atomic E-state index is 0.270. The van der Waals surface area contributed by atoms with Gasteiger partial charge in [0.1, 0.15) is 0 Å². The molecule has 1 fully saturated rings. The molecule has 0 spiro atoms. The maximum absolute atomic E-state index is 3.56. The zero-order valence-corrected chi connectivity index (χ0v) is 13.8. The van der Waals surface area contributed by atoms with Gasteiger partial charge in [0.05, 0.1) is 0 Å². The normalized spacial score (nSPS) is 22.9. The lowest BCUT2D eigenvalue weighted by Gasteiger charge is -2.39. The Morgan fingerprint density at radius 3 is 2.47 bits per heavy atom. The second-order valence-electron chi connectivity index (χ2n) is 7.08. The van der Waals surface area contributed by atoms with E-state index in [1.54, 1.807) is 0 Å². The molecule has 1 atom stereocenters. The van der Waals surface area contributed by atoms with Crippen molar-refractivity contribution in [1.29, 1.82) is 0 Å². The van der Waals surface area contributed by atoms with Crippen molar-refractivity contribution in [2.75, 3.05) is 39.8 Å². The maximum Gasteiger partial charge on any atom is 0.0218 e. The molecular formula is C16H35N3. The molecule has 1 saturated heterocycles. The van der Waals surface area contributed by atoms with Crippen molar-refractivity contribution in [2.45, 2.75) is 65.0 Å². The van der Waals surface area contributed by atoms with Crippen LogP contribution in [-0.2, 0) is 0 Å². The van der Waals surface area contributed by atoms with Crippen LogP contribution >= 0.6 is 0 Å². The Labute approximate surface area is 120 Å². The zero-order valence-electron chi connectivity index (χ0n) is 13.8. The summed E-state index contributed by atoms with van der Waals surface area (Å²) in [7, 11) is 2.27. The lowest BCUT2D eigenvalue weighted by Crippen LogP contribution is -2.51. The third-order valence-corrected chi connectivity index (χ3v) is 4.14. The molecule has 1 heterocycles. The van der Waals surface area contributed by atoms with E-state index in [0.717, 1.165) is 12.6 Å². The molecule has 0 bridgehead atoms. The van der Waals surface area contributed by atoms with Crippen LogP contribution in [0.4, 0.5) is 0 Å². The second-order valence-corrected chi connectivity index (χ2v) is 7.08. The molecule has 0 saturated carbocycles. The van der Waals surface area contributed by atoms with E-state index in [2.05, 4.69) is 49.9 Å². The number of nitrogens with zero attached hydrogens (tertiary/aromatic N) is 2. The van der Waals surface area contributed by atoms with Crippen molar-refractivity contribution in [3.8, 4) is 0 Å². The highest BCUT2D eigenvalue weighted by molar-refractivity contribution is 4.79. The molecule has 0 aromatic heterocycles. The van der Waals surface area contributed by atoms with Crippen molar-refractivity contribution in [3.05, 3.63) is 0 Å². The number of hydrogen-bond acceptors (Lipinski definition) is 3. The second kappa shape index (κ2) is 8.23. The molecule has 1 rings (SSSR count). The van der Waals surface area contributed by atoms with Crippen molar-refractivity contribution in [1.82, 2.24) is 15.1 Å². The SMILES string of the molecule is CCC1CN(CCCCCNC(C)(C)C)CCN1C. The lowest BCUT2D eigenvalue weighted by molar-refractivity contribution is 0.0919. The molecule has 19 heavy (non-hydrogen) atoms. The molecule has 1 N–H and O–H groups in total. The van der Waals surface area contributed by atoms with Crippen LogP contribution in [0, 0.1) is 0 Å². The fourth-order valence-corrected chi connectivity index (χ4v) is 2.75. The molecule has 1 unspecified atom stereocenters. The Hall–Kier alpha value is -0.120. The highest BCUT2D eigenvalue weighted by atomic mass is 15.3. The number of unbranched alkanes of at least 4 members (excludes halogenated alkanes) is 2. The van der Waals surface area contributed by atoms with Gasteiger partial charge in [-0.05, 0) is 60.2 Å².